The number of hydrogen-bond acceptors (Lipinski definition) is 0. The standard InChI is InChI=1S/C49H38/c1-5-15-35(16-6-1)31-37-25-28-43-44-29-26-38(32-36-17-7-2-8-18-36)34-46(44)48(45(43)33-37)49(40-20-9-3-10-21-40,41-22-11-4-12-23-41)47-30-27-39-19-13-14-24-42(39)47/h1-30,33-34,47-48H,31-32H2. The van der Waals surface area contributed by atoms with Crippen LogP contribution >= 0.6 is 0 Å². The van der Waals surface area contributed by atoms with E-state index in [2.05, 4.69) is 194 Å². The maximum atomic E-state index is 2.54. The van der Waals surface area contributed by atoms with Crippen LogP contribution in [0, 0.1) is 0 Å². The van der Waals surface area contributed by atoms with E-state index in [-0.39, 0.29) is 11.8 Å². The smallest absolute Gasteiger partial charge is 0.0415 e. The molecule has 0 spiro atoms. The van der Waals surface area contributed by atoms with E-state index < -0.39 is 5.41 Å². The Hall–Kier alpha value is -5.72. The minimum Gasteiger partial charge on any atom is -0.0751 e. The first-order valence-corrected chi connectivity index (χ1v) is 17.5. The fraction of sp³-hybridized carbons (Fsp3) is 0.102. The molecule has 0 bridgehead atoms. The maximum Gasteiger partial charge on any atom is 0.0415 e. The first-order chi connectivity index (χ1) is 24.3. The molecule has 0 nitrogen and oxygen atoms in total. The van der Waals surface area contributed by atoms with Crippen LogP contribution < -0.4 is 0 Å². The molecule has 0 amide bonds. The van der Waals surface area contributed by atoms with Crippen LogP contribution in [0.3, 0.4) is 0 Å². The van der Waals surface area contributed by atoms with E-state index in [0.717, 1.165) is 12.8 Å². The molecule has 0 heterocycles. The van der Waals surface area contributed by atoms with Crippen molar-refractivity contribution in [3.8, 4) is 11.1 Å². The van der Waals surface area contributed by atoms with Crippen molar-refractivity contribution in [2.75, 3.05) is 0 Å². The third kappa shape index (κ3) is 5.07. The predicted octanol–water partition coefficient (Wildman–Crippen LogP) is 11.8. The van der Waals surface area contributed by atoms with Crippen molar-refractivity contribution in [3.63, 3.8) is 0 Å². The third-order valence-corrected chi connectivity index (χ3v) is 10.9. The second-order valence-corrected chi connectivity index (χ2v) is 13.7. The van der Waals surface area contributed by atoms with Crippen LogP contribution in [0.1, 0.15) is 67.5 Å². The molecule has 49 heavy (non-hydrogen) atoms. The quantitative estimate of drug-likeness (QED) is 0.157. The third-order valence-electron chi connectivity index (χ3n) is 10.9. The normalized spacial score (nSPS) is 14.7. The van der Waals surface area contributed by atoms with E-state index in [1.807, 2.05) is 0 Å². The highest BCUT2D eigenvalue weighted by molar-refractivity contribution is 5.82. The van der Waals surface area contributed by atoms with E-state index in [0.29, 0.717) is 0 Å². The Balaban J connectivity index is 1.34. The summed E-state index contributed by atoms with van der Waals surface area (Å²) < 4.78 is 0. The van der Waals surface area contributed by atoms with Gasteiger partial charge in [-0.3, -0.25) is 0 Å². The van der Waals surface area contributed by atoms with Gasteiger partial charge in [0.15, 0.2) is 0 Å². The van der Waals surface area contributed by atoms with Gasteiger partial charge in [0.2, 0.25) is 0 Å². The van der Waals surface area contributed by atoms with Crippen molar-refractivity contribution in [1.29, 1.82) is 0 Å². The molecule has 2 aliphatic carbocycles. The number of fused-ring (bicyclic) bond motifs is 4. The fourth-order valence-electron chi connectivity index (χ4n) is 8.85. The number of allylic oxidation sites excluding steroid dienone is 1. The van der Waals surface area contributed by atoms with Crippen molar-refractivity contribution in [2.45, 2.75) is 30.1 Å². The zero-order chi connectivity index (χ0) is 32.6. The molecule has 0 aromatic heterocycles. The fourth-order valence-corrected chi connectivity index (χ4v) is 8.85. The number of benzene rings is 7. The van der Waals surface area contributed by atoms with Crippen molar-refractivity contribution < 1.29 is 0 Å². The van der Waals surface area contributed by atoms with Crippen LogP contribution in [0.25, 0.3) is 17.2 Å². The summed E-state index contributed by atoms with van der Waals surface area (Å²) in [5, 5.41) is 0. The molecule has 9 rings (SSSR count). The summed E-state index contributed by atoms with van der Waals surface area (Å²) >= 11 is 0. The largest absolute Gasteiger partial charge is 0.0751 e. The minimum atomic E-state index is -0.414. The van der Waals surface area contributed by atoms with Crippen LogP contribution in [0.2, 0.25) is 0 Å². The molecule has 0 radical (unpaired) electrons. The molecule has 0 saturated heterocycles. The van der Waals surface area contributed by atoms with Gasteiger partial charge in [-0.1, -0.05) is 194 Å². The molecule has 0 saturated carbocycles. The van der Waals surface area contributed by atoms with Crippen molar-refractivity contribution in [3.05, 3.63) is 244 Å². The number of rotatable bonds is 8. The van der Waals surface area contributed by atoms with Gasteiger partial charge in [0.05, 0.1) is 0 Å². The Bertz CT molecular complexity index is 2130. The first-order valence-electron chi connectivity index (χ1n) is 17.5. The summed E-state index contributed by atoms with van der Waals surface area (Å²) in [5.41, 5.74) is 15.9. The Labute approximate surface area is 290 Å². The Kier molecular flexibility index (Phi) is 7.43. The van der Waals surface area contributed by atoms with Gasteiger partial charge >= 0.3 is 0 Å². The van der Waals surface area contributed by atoms with Crippen LogP contribution in [-0.2, 0) is 18.3 Å². The predicted molar refractivity (Wildman–Crippen MR) is 204 cm³/mol. The molecule has 0 aliphatic heterocycles. The lowest BCUT2D eigenvalue weighted by Gasteiger charge is -2.46. The zero-order valence-corrected chi connectivity index (χ0v) is 27.5. The summed E-state index contributed by atoms with van der Waals surface area (Å²) in [5.74, 6) is 0.211. The van der Waals surface area contributed by atoms with Gasteiger partial charge < -0.3 is 0 Å². The van der Waals surface area contributed by atoms with Gasteiger partial charge in [-0.25, -0.2) is 0 Å². The average Bonchev–Trinajstić information content (AvgIpc) is 3.74. The van der Waals surface area contributed by atoms with Gasteiger partial charge in [-0.15, -0.1) is 0 Å². The second kappa shape index (κ2) is 12.4. The molecule has 2 aliphatic rings. The second-order valence-electron chi connectivity index (χ2n) is 13.7. The SMILES string of the molecule is C1=CC(C(c2ccccc2)(c2ccccc2)C2c3cc(Cc4ccccc4)ccc3-c3ccc(Cc4ccccc4)cc32)c2ccccc21. The van der Waals surface area contributed by atoms with E-state index in [4.69, 9.17) is 0 Å². The van der Waals surface area contributed by atoms with Crippen molar-refractivity contribution >= 4 is 6.08 Å². The van der Waals surface area contributed by atoms with Gasteiger partial charge in [-0.05, 0) is 79.6 Å². The molecular formula is C49H38. The average molecular weight is 627 g/mol. The van der Waals surface area contributed by atoms with Gasteiger partial charge in [0.1, 0.15) is 0 Å². The Morgan fingerprint density at radius 2 is 0.837 bits per heavy atom. The summed E-state index contributed by atoms with van der Waals surface area (Å²) in [6, 6.07) is 68.1. The molecule has 7 aromatic carbocycles. The minimum absolute atomic E-state index is 0.0783. The van der Waals surface area contributed by atoms with E-state index in [1.54, 1.807) is 0 Å². The first kappa shape index (κ1) is 29.4. The van der Waals surface area contributed by atoms with Gasteiger partial charge in [0, 0.05) is 17.3 Å². The lowest BCUT2D eigenvalue weighted by atomic mass is 9.55. The summed E-state index contributed by atoms with van der Waals surface area (Å²) in [4.78, 5) is 0. The van der Waals surface area contributed by atoms with Gasteiger partial charge in [0.25, 0.3) is 0 Å². The van der Waals surface area contributed by atoms with Crippen molar-refractivity contribution in [2.24, 2.45) is 0 Å². The number of hydrogen-bond donors (Lipinski definition) is 0. The highest BCUT2D eigenvalue weighted by atomic mass is 14.5. The van der Waals surface area contributed by atoms with E-state index in [1.165, 1.54) is 66.8 Å². The monoisotopic (exact) mass is 626 g/mol. The molecule has 234 valence electrons. The Morgan fingerprint density at radius 1 is 0.388 bits per heavy atom. The molecule has 0 heteroatoms. The van der Waals surface area contributed by atoms with E-state index >= 15 is 0 Å². The van der Waals surface area contributed by atoms with Crippen LogP contribution in [0.15, 0.2) is 188 Å². The van der Waals surface area contributed by atoms with E-state index in [9.17, 15) is 0 Å². The molecular weight excluding hydrogens is 589 g/mol. The molecule has 7 aromatic rings. The van der Waals surface area contributed by atoms with Gasteiger partial charge in [-0.2, -0.15) is 0 Å². The summed E-state index contributed by atoms with van der Waals surface area (Å²) in [6.07, 6.45) is 6.66. The van der Waals surface area contributed by atoms with Crippen molar-refractivity contribution in [1.82, 2.24) is 0 Å². The highest BCUT2D eigenvalue weighted by Gasteiger charge is 2.53. The topological polar surface area (TPSA) is 0 Å². The zero-order valence-electron chi connectivity index (χ0n) is 27.5. The maximum absolute atomic E-state index is 2.54. The van der Waals surface area contributed by atoms with Crippen LogP contribution in [-0.4, -0.2) is 0 Å². The lowest BCUT2D eigenvalue weighted by Crippen LogP contribution is -2.40. The molecule has 0 fully saturated rings. The molecule has 1 unspecified atom stereocenters. The molecule has 0 N–H and O–H groups in total. The Morgan fingerprint density at radius 3 is 1.35 bits per heavy atom. The molecule has 1 atom stereocenters. The highest BCUT2D eigenvalue weighted by Crippen LogP contribution is 2.63. The summed E-state index contributed by atoms with van der Waals surface area (Å²) in [7, 11) is 0. The lowest BCUT2D eigenvalue weighted by molar-refractivity contribution is 0.416. The summed E-state index contributed by atoms with van der Waals surface area (Å²) in [6.45, 7) is 0. The van der Waals surface area contributed by atoms with Crippen LogP contribution in [0.4, 0.5) is 0 Å². The van der Waals surface area contributed by atoms with Crippen LogP contribution in [0.5, 0.6) is 0 Å².